The van der Waals surface area contributed by atoms with Gasteiger partial charge in [-0.05, 0) is 51.4 Å². The van der Waals surface area contributed by atoms with Crippen LogP contribution in [-0.2, 0) is 11.3 Å². The van der Waals surface area contributed by atoms with Gasteiger partial charge in [-0.2, -0.15) is 0 Å². The van der Waals surface area contributed by atoms with Crippen LogP contribution in [0.2, 0.25) is 0 Å². The Bertz CT molecular complexity index is 433. The minimum absolute atomic E-state index is 0.115. The van der Waals surface area contributed by atoms with E-state index in [2.05, 4.69) is 55.0 Å². The lowest BCUT2D eigenvalue weighted by Gasteiger charge is -2.42. The van der Waals surface area contributed by atoms with Gasteiger partial charge in [-0.1, -0.05) is 6.92 Å². The van der Waals surface area contributed by atoms with E-state index in [9.17, 15) is 0 Å². The molecule has 1 aliphatic heterocycles. The van der Waals surface area contributed by atoms with Gasteiger partial charge < -0.3 is 15.0 Å². The second-order valence-corrected chi connectivity index (χ2v) is 6.27. The van der Waals surface area contributed by atoms with Crippen LogP contribution in [0.25, 0.3) is 0 Å². The summed E-state index contributed by atoms with van der Waals surface area (Å²) in [5.41, 5.74) is 1.18. The lowest BCUT2D eigenvalue weighted by Crippen LogP contribution is -2.52. The highest BCUT2D eigenvalue weighted by Gasteiger charge is 2.31. The standard InChI is InChI=1S/C16H27N3O/c1-5-7-17-10-14-6-8-18-15(9-14)19-11-13(2)20-16(3,4)12-19/h6,8-9,13,17H,5,7,10-12H2,1-4H3. The summed E-state index contributed by atoms with van der Waals surface area (Å²) in [6.07, 6.45) is 3.31. The highest BCUT2D eigenvalue weighted by molar-refractivity contribution is 5.42. The summed E-state index contributed by atoms with van der Waals surface area (Å²) in [6.45, 7) is 12.3. The maximum atomic E-state index is 5.95. The minimum atomic E-state index is -0.115. The number of hydrogen-bond donors (Lipinski definition) is 1. The number of pyridine rings is 1. The molecular weight excluding hydrogens is 250 g/mol. The van der Waals surface area contributed by atoms with E-state index in [0.29, 0.717) is 0 Å². The summed E-state index contributed by atoms with van der Waals surface area (Å²) in [5.74, 6) is 1.06. The van der Waals surface area contributed by atoms with Crippen LogP contribution in [0, 0.1) is 0 Å². The molecule has 112 valence electrons. The molecule has 0 aliphatic carbocycles. The van der Waals surface area contributed by atoms with Gasteiger partial charge in [-0.25, -0.2) is 4.98 Å². The van der Waals surface area contributed by atoms with Gasteiger partial charge in [0, 0.05) is 25.8 Å². The number of ether oxygens (including phenoxy) is 1. The zero-order valence-electron chi connectivity index (χ0n) is 13.1. The SMILES string of the molecule is CCCNCc1ccnc(N2CC(C)OC(C)(C)C2)c1. The maximum Gasteiger partial charge on any atom is 0.128 e. The molecule has 1 unspecified atom stereocenters. The third kappa shape index (κ3) is 4.18. The van der Waals surface area contributed by atoms with Crippen molar-refractivity contribution in [2.75, 3.05) is 24.5 Å². The van der Waals surface area contributed by atoms with E-state index in [1.807, 2.05) is 6.20 Å². The van der Waals surface area contributed by atoms with Crippen molar-refractivity contribution >= 4 is 5.82 Å². The molecule has 0 radical (unpaired) electrons. The van der Waals surface area contributed by atoms with Gasteiger partial charge in [-0.3, -0.25) is 0 Å². The Hall–Kier alpha value is -1.13. The summed E-state index contributed by atoms with van der Waals surface area (Å²) >= 11 is 0. The molecule has 1 aliphatic rings. The zero-order valence-corrected chi connectivity index (χ0v) is 13.1. The lowest BCUT2D eigenvalue weighted by atomic mass is 10.1. The summed E-state index contributed by atoms with van der Waals surface area (Å²) in [7, 11) is 0. The van der Waals surface area contributed by atoms with Crippen molar-refractivity contribution in [2.24, 2.45) is 0 Å². The smallest absolute Gasteiger partial charge is 0.128 e. The highest BCUT2D eigenvalue weighted by atomic mass is 16.5. The van der Waals surface area contributed by atoms with Crippen LogP contribution in [0.1, 0.15) is 39.7 Å². The van der Waals surface area contributed by atoms with Crippen molar-refractivity contribution < 1.29 is 4.74 Å². The number of morpholine rings is 1. The van der Waals surface area contributed by atoms with Gasteiger partial charge in [-0.15, -0.1) is 0 Å². The van der Waals surface area contributed by atoms with Crippen LogP contribution in [0.5, 0.6) is 0 Å². The Labute approximate surface area is 122 Å². The van der Waals surface area contributed by atoms with E-state index < -0.39 is 0 Å². The van der Waals surface area contributed by atoms with Gasteiger partial charge in [0.05, 0.1) is 11.7 Å². The molecule has 1 saturated heterocycles. The van der Waals surface area contributed by atoms with E-state index in [0.717, 1.165) is 38.4 Å². The summed E-state index contributed by atoms with van der Waals surface area (Å²) < 4.78 is 5.95. The van der Waals surface area contributed by atoms with Crippen LogP contribution in [0.3, 0.4) is 0 Å². The normalized spacial score (nSPS) is 22.0. The van der Waals surface area contributed by atoms with Gasteiger partial charge in [0.1, 0.15) is 5.82 Å². The van der Waals surface area contributed by atoms with Gasteiger partial charge >= 0.3 is 0 Å². The molecule has 4 nitrogen and oxygen atoms in total. The number of anilines is 1. The van der Waals surface area contributed by atoms with Crippen molar-refractivity contribution in [1.82, 2.24) is 10.3 Å². The molecule has 1 fully saturated rings. The Morgan fingerprint density at radius 1 is 1.50 bits per heavy atom. The van der Waals surface area contributed by atoms with Gasteiger partial charge in [0.2, 0.25) is 0 Å². The third-order valence-corrected chi connectivity index (χ3v) is 3.46. The number of hydrogen-bond acceptors (Lipinski definition) is 4. The Kier molecular flexibility index (Phi) is 5.00. The van der Waals surface area contributed by atoms with E-state index in [-0.39, 0.29) is 11.7 Å². The maximum absolute atomic E-state index is 5.95. The van der Waals surface area contributed by atoms with E-state index in [1.54, 1.807) is 0 Å². The highest BCUT2D eigenvalue weighted by Crippen LogP contribution is 2.25. The number of rotatable bonds is 5. The lowest BCUT2D eigenvalue weighted by molar-refractivity contribution is -0.0751. The topological polar surface area (TPSA) is 37.4 Å². The molecule has 0 spiro atoms. The van der Waals surface area contributed by atoms with E-state index in [4.69, 9.17) is 4.74 Å². The van der Waals surface area contributed by atoms with Crippen molar-refractivity contribution in [1.29, 1.82) is 0 Å². The van der Waals surface area contributed by atoms with Crippen molar-refractivity contribution in [2.45, 2.75) is 52.4 Å². The Morgan fingerprint density at radius 2 is 2.30 bits per heavy atom. The summed E-state index contributed by atoms with van der Waals surface area (Å²) in [6, 6.07) is 4.28. The fourth-order valence-corrected chi connectivity index (χ4v) is 2.78. The van der Waals surface area contributed by atoms with Crippen LogP contribution in [0.4, 0.5) is 5.82 Å². The first-order chi connectivity index (χ1) is 9.50. The average molecular weight is 277 g/mol. The van der Waals surface area contributed by atoms with Crippen LogP contribution >= 0.6 is 0 Å². The van der Waals surface area contributed by atoms with E-state index >= 15 is 0 Å². The molecule has 0 saturated carbocycles. The fourth-order valence-electron chi connectivity index (χ4n) is 2.78. The molecule has 1 aromatic rings. The molecule has 0 aromatic carbocycles. The first kappa shape index (κ1) is 15.3. The molecule has 2 heterocycles. The molecule has 0 bridgehead atoms. The van der Waals surface area contributed by atoms with Gasteiger partial charge in [0.25, 0.3) is 0 Å². The fraction of sp³-hybridized carbons (Fsp3) is 0.688. The molecule has 2 rings (SSSR count). The molecule has 20 heavy (non-hydrogen) atoms. The second kappa shape index (κ2) is 6.55. The average Bonchev–Trinajstić information content (AvgIpc) is 2.37. The number of nitrogens with zero attached hydrogens (tertiary/aromatic N) is 2. The van der Waals surface area contributed by atoms with Crippen LogP contribution in [-0.4, -0.2) is 36.3 Å². The molecular formula is C16H27N3O. The molecule has 4 heteroatoms. The van der Waals surface area contributed by atoms with Crippen molar-refractivity contribution in [3.8, 4) is 0 Å². The first-order valence-corrected chi connectivity index (χ1v) is 7.58. The molecule has 0 amide bonds. The van der Waals surface area contributed by atoms with Crippen LogP contribution < -0.4 is 10.2 Å². The summed E-state index contributed by atoms with van der Waals surface area (Å²) in [4.78, 5) is 6.86. The molecule has 1 N–H and O–H groups in total. The zero-order chi connectivity index (χ0) is 14.6. The Morgan fingerprint density at radius 3 is 3.00 bits per heavy atom. The van der Waals surface area contributed by atoms with E-state index in [1.165, 1.54) is 5.56 Å². The summed E-state index contributed by atoms with van der Waals surface area (Å²) in [5, 5.41) is 3.44. The number of nitrogens with one attached hydrogen (secondary N) is 1. The largest absolute Gasteiger partial charge is 0.369 e. The second-order valence-electron chi connectivity index (χ2n) is 6.27. The Balaban J connectivity index is 2.06. The third-order valence-electron chi connectivity index (χ3n) is 3.46. The molecule has 1 atom stereocenters. The minimum Gasteiger partial charge on any atom is -0.369 e. The molecule has 1 aromatic heterocycles. The quantitative estimate of drug-likeness (QED) is 0.840. The monoisotopic (exact) mass is 277 g/mol. The van der Waals surface area contributed by atoms with Crippen LogP contribution in [0.15, 0.2) is 18.3 Å². The number of aromatic nitrogens is 1. The first-order valence-electron chi connectivity index (χ1n) is 7.58. The predicted octanol–water partition coefficient (Wildman–Crippen LogP) is 2.58. The van der Waals surface area contributed by atoms with Crippen molar-refractivity contribution in [3.05, 3.63) is 23.9 Å². The predicted molar refractivity (Wildman–Crippen MR) is 83.1 cm³/mol. The van der Waals surface area contributed by atoms with Crippen molar-refractivity contribution in [3.63, 3.8) is 0 Å². The van der Waals surface area contributed by atoms with Gasteiger partial charge in [0.15, 0.2) is 0 Å².